The van der Waals surface area contributed by atoms with Gasteiger partial charge in [-0.15, -0.1) is 0 Å². The first-order valence-corrected chi connectivity index (χ1v) is 10.0. The van der Waals surface area contributed by atoms with E-state index in [1.165, 1.54) is 5.56 Å². The van der Waals surface area contributed by atoms with Gasteiger partial charge in [0.1, 0.15) is 0 Å². The Bertz CT molecular complexity index is 880. The van der Waals surface area contributed by atoms with E-state index in [1.54, 1.807) is 4.90 Å². The zero-order valence-corrected chi connectivity index (χ0v) is 16.0. The second-order valence-corrected chi connectivity index (χ2v) is 7.79. The first-order chi connectivity index (χ1) is 13.6. The molecule has 2 heterocycles. The van der Waals surface area contributed by atoms with Crippen LogP contribution in [0.2, 0.25) is 0 Å². The fourth-order valence-corrected chi connectivity index (χ4v) is 4.28. The van der Waals surface area contributed by atoms with E-state index in [-0.39, 0.29) is 18.4 Å². The minimum Gasteiger partial charge on any atom is -0.392 e. The zero-order chi connectivity index (χ0) is 19.5. The van der Waals surface area contributed by atoms with Gasteiger partial charge in [-0.25, -0.2) is 0 Å². The maximum Gasteiger partial charge on any atom is 0.253 e. The van der Waals surface area contributed by atoms with Crippen LogP contribution in [0.25, 0.3) is 0 Å². The number of likely N-dealkylation sites (tertiary alicyclic amines) is 1. The van der Waals surface area contributed by atoms with Crippen LogP contribution in [0.4, 0.5) is 5.69 Å². The van der Waals surface area contributed by atoms with E-state index in [1.807, 2.05) is 47.4 Å². The highest BCUT2D eigenvalue weighted by molar-refractivity contribution is 5.99. The fraction of sp³-hybridized carbons (Fsp3) is 0.391. The maximum absolute atomic E-state index is 13.0. The van der Waals surface area contributed by atoms with Gasteiger partial charge in [-0.2, -0.15) is 0 Å². The topological polar surface area (TPSA) is 60.9 Å². The van der Waals surface area contributed by atoms with E-state index in [4.69, 9.17) is 0 Å². The summed E-state index contributed by atoms with van der Waals surface area (Å²) in [5.74, 6) is 0.609. The molecule has 2 fully saturated rings. The lowest BCUT2D eigenvalue weighted by Crippen LogP contribution is -2.29. The summed E-state index contributed by atoms with van der Waals surface area (Å²) in [6.45, 7) is 2.29. The van der Waals surface area contributed by atoms with Crippen LogP contribution in [0.1, 0.15) is 40.7 Å². The van der Waals surface area contributed by atoms with Gasteiger partial charge in [0.15, 0.2) is 0 Å². The molecule has 0 aliphatic carbocycles. The molecule has 5 nitrogen and oxygen atoms in total. The molecule has 2 amide bonds. The standard InChI is InChI=1S/C23H26N2O3/c26-16-19-5-1-4-17(13-19)12-18-9-11-24(15-18)23(28)20-6-2-7-21(14-20)25-10-3-8-22(25)27/h1-2,4-7,13-14,18,26H,3,8-12,15-16H2/t18-/m0/s1. The molecule has 0 spiro atoms. The molecule has 2 aromatic rings. The summed E-state index contributed by atoms with van der Waals surface area (Å²) < 4.78 is 0. The third-order valence-electron chi connectivity index (χ3n) is 5.75. The van der Waals surface area contributed by atoms with E-state index in [0.717, 1.165) is 50.1 Å². The van der Waals surface area contributed by atoms with Crippen LogP contribution in [0.5, 0.6) is 0 Å². The molecule has 2 saturated heterocycles. The minimum atomic E-state index is 0.0418. The summed E-state index contributed by atoms with van der Waals surface area (Å²) in [5.41, 5.74) is 3.61. The van der Waals surface area contributed by atoms with Gasteiger partial charge in [0.25, 0.3) is 5.91 Å². The van der Waals surface area contributed by atoms with Crippen molar-refractivity contribution in [3.05, 3.63) is 65.2 Å². The molecule has 0 unspecified atom stereocenters. The number of hydrogen-bond acceptors (Lipinski definition) is 3. The quantitative estimate of drug-likeness (QED) is 0.870. The van der Waals surface area contributed by atoms with Crippen molar-refractivity contribution in [3.63, 3.8) is 0 Å². The highest BCUT2D eigenvalue weighted by Crippen LogP contribution is 2.26. The number of carbonyl (C=O) groups is 2. The largest absolute Gasteiger partial charge is 0.392 e. The van der Waals surface area contributed by atoms with Crippen LogP contribution in [0.3, 0.4) is 0 Å². The number of benzene rings is 2. The van der Waals surface area contributed by atoms with Gasteiger partial charge in [0, 0.05) is 37.3 Å². The predicted molar refractivity (Wildman–Crippen MR) is 108 cm³/mol. The molecule has 0 aromatic heterocycles. The number of aliphatic hydroxyl groups is 1. The maximum atomic E-state index is 13.0. The number of anilines is 1. The second-order valence-electron chi connectivity index (χ2n) is 7.79. The van der Waals surface area contributed by atoms with Crippen LogP contribution in [0.15, 0.2) is 48.5 Å². The van der Waals surface area contributed by atoms with Gasteiger partial charge in [-0.05, 0) is 54.5 Å². The first-order valence-electron chi connectivity index (χ1n) is 10.0. The Kier molecular flexibility index (Phi) is 5.44. The van der Waals surface area contributed by atoms with Gasteiger partial charge in [-0.3, -0.25) is 9.59 Å². The molecule has 2 aromatic carbocycles. The van der Waals surface area contributed by atoms with E-state index in [0.29, 0.717) is 17.9 Å². The van der Waals surface area contributed by atoms with Gasteiger partial charge in [0.2, 0.25) is 5.91 Å². The SMILES string of the molecule is O=C(c1cccc(N2CCCC2=O)c1)N1CC[C@@H](Cc2cccc(CO)c2)C1. The van der Waals surface area contributed by atoms with Crippen LogP contribution < -0.4 is 4.90 Å². The van der Waals surface area contributed by atoms with E-state index < -0.39 is 0 Å². The summed E-state index contributed by atoms with van der Waals surface area (Å²) in [6, 6.07) is 15.5. The number of aliphatic hydroxyl groups excluding tert-OH is 1. The Morgan fingerprint density at radius 2 is 1.89 bits per heavy atom. The number of carbonyl (C=O) groups excluding carboxylic acids is 2. The number of rotatable bonds is 5. The van der Waals surface area contributed by atoms with Crippen molar-refractivity contribution in [2.75, 3.05) is 24.5 Å². The Morgan fingerprint density at radius 1 is 1.07 bits per heavy atom. The summed E-state index contributed by atoms with van der Waals surface area (Å²) in [7, 11) is 0. The number of amides is 2. The molecule has 2 aliphatic heterocycles. The summed E-state index contributed by atoms with van der Waals surface area (Å²) >= 11 is 0. The van der Waals surface area contributed by atoms with Crippen LogP contribution >= 0.6 is 0 Å². The highest BCUT2D eigenvalue weighted by atomic mass is 16.3. The predicted octanol–water partition coefficient (Wildman–Crippen LogP) is 3.01. The average Bonchev–Trinajstić information content (AvgIpc) is 3.36. The van der Waals surface area contributed by atoms with Crippen molar-refractivity contribution in [1.82, 2.24) is 4.90 Å². The molecule has 1 atom stereocenters. The molecule has 0 radical (unpaired) electrons. The molecular weight excluding hydrogens is 352 g/mol. The highest BCUT2D eigenvalue weighted by Gasteiger charge is 2.28. The smallest absolute Gasteiger partial charge is 0.253 e. The second kappa shape index (κ2) is 8.15. The van der Waals surface area contributed by atoms with Crippen LogP contribution in [0, 0.1) is 5.92 Å². The van der Waals surface area contributed by atoms with Crippen LogP contribution in [-0.2, 0) is 17.8 Å². The van der Waals surface area contributed by atoms with Crippen molar-refractivity contribution in [2.45, 2.75) is 32.3 Å². The molecule has 2 aliphatic rings. The molecule has 5 heteroatoms. The van der Waals surface area contributed by atoms with Gasteiger partial charge >= 0.3 is 0 Å². The average molecular weight is 378 g/mol. The van der Waals surface area contributed by atoms with E-state index >= 15 is 0 Å². The normalized spacial score (nSPS) is 19.5. The number of nitrogens with zero attached hydrogens (tertiary/aromatic N) is 2. The Balaban J connectivity index is 1.41. The Morgan fingerprint density at radius 3 is 2.68 bits per heavy atom. The molecule has 28 heavy (non-hydrogen) atoms. The zero-order valence-electron chi connectivity index (χ0n) is 16.0. The van der Waals surface area contributed by atoms with Crippen molar-refractivity contribution in [2.24, 2.45) is 5.92 Å². The lowest BCUT2D eigenvalue weighted by molar-refractivity contribution is -0.117. The molecule has 0 bridgehead atoms. The molecule has 0 saturated carbocycles. The minimum absolute atomic E-state index is 0.0418. The van der Waals surface area contributed by atoms with Crippen molar-refractivity contribution in [1.29, 1.82) is 0 Å². The van der Waals surface area contributed by atoms with Gasteiger partial charge in [-0.1, -0.05) is 30.3 Å². The van der Waals surface area contributed by atoms with E-state index in [9.17, 15) is 14.7 Å². The third-order valence-corrected chi connectivity index (χ3v) is 5.75. The third kappa shape index (κ3) is 3.94. The Hall–Kier alpha value is -2.66. The number of hydrogen-bond donors (Lipinski definition) is 1. The molecule has 4 rings (SSSR count). The lowest BCUT2D eigenvalue weighted by atomic mass is 9.97. The van der Waals surface area contributed by atoms with Gasteiger partial charge < -0.3 is 14.9 Å². The molecule has 1 N–H and O–H groups in total. The molecular formula is C23H26N2O3. The Labute approximate surface area is 165 Å². The molecule has 146 valence electrons. The fourth-order valence-electron chi connectivity index (χ4n) is 4.28. The monoisotopic (exact) mass is 378 g/mol. The summed E-state index contributed by atoms with van der Waals surface area (Å²) in [5, 5.41) is 9.30. The van der Waals surface area contributed by atoms with Crippen molar-refractivity contribution < 1.29 is 14.7 Å². The van der Waals surface area contributed by atoms with Crippen LogP contribution in [-0.4, -0.2) is 41.5 Å². The summed E-state index contributed by atoms with van der Waals surface area (Å²) in [4.78, 5) is 28.7. The van der Waals surface area contributed by atoms with Gasteiger partial charge in [0.05, 0.1) is 6.61 Å². The van der Waals surface area contributed by atoms with Crippen molar-refractivity contribution in [3.8, 4) is 0 Å². The van der Waals surface area contributed by atoms with E-state index in [2.05, 4.69) is 6.07 Å². The first kappa shape index (κ1) is 18.7. The lowest BCUT2D eigenvalue weighted by Gasteiger charge is -2.19. The van der Waals surface area contributed by atoms with Crippen molar-refractivity contribution >= 4 is 17.5 Å². The summed E-state index contributed by atoms with van der Waals surface area (Å²) in [6.07, 6.45) is 3.37.